The Kier molecular flexibility index (Phi) is 3.76. The zero-order chi connectivity index (χ0) is 7.44. The van der Waals surface area contributed by atoms with Crippen LogP contribution in [0, 0.1) is 0 Å². The number of aliphatic hydroxyl groups is 1. The molecule has 0 heterocycles. The molecule has 0 aromatic carbocycles. The number of carbonyl (C=O) groups is 1. The van der Waals surface area contributed by atoms with Crippen molar-refractivity contribution in [1.82, 2.24) is 0 Å². The lowest BCUT2D eigenvalue weighted by Gasteiger charge is -2.10. The average Bonchev–Trinajstić information content (AvgIpc) is 1.84. The van der Waals surface area contributed by atoms with Gasteiger partial charge >= 0.3 is 5.97 Å². The first-order valence-electron chi connectivity index (χ1n) is 2.32. The SMILES string of the molecule is N[C@H](C(=O)O)[C@@H](O)CBr. The monoisotopic (exact) mass is 197 g/mol. The van der Waals surface area contributed by atoms with E-state index in [1.54, 1.807) is 0 Å². The normalized spacial score (nSPS) is 16.8. The summed E-state index contributed by atoms with van der Waals surface area (Å²) in [6, 6.07) is -1.19. The van der Waals surface area contributed by atoms with Crippen molar-refractivity contribution in [3.8, 4) is 0 Å². The van der Waals surface area contributed by atoms with E-state index in [-0.39, 0.29) is 5.33 Å². The molecule has 54 valence electrons. The number of aliphatic carboxylic acids is 1. The van der Waals surface area contributed by atoms with Gasteiger partial charge in [-0.15, -0.1) is 0 Å². The molecule has 0 aromatic heterocycles. The Hall–Kier alpha value is -0.130. The standard InChI is InChI=1S/C4H8BrNO3/c5-1-2(7)3(6)4(8)9/h2-3,7H,1,6H2,(H,8,9)/t2-,3-/m0/s1. The van der Waals surface area contributed by atoms with Crippen LogP contribution in [0.3, 0.4) is 0 Å². The van der Waals surface area contributed by atoms with Gasteiger partial charge in [0.25, 0.3) is 0 Å². The van der Waals surface area contributed by atoms with E-state index in [1.807, 2.05) is 0 Å². The maximum absolute atomic E-state index is 9.99. The summed E-state index contributed by atoms with van der Waals surface area (Å²) in [6.07, 6.45) is -1.01. The van der Waals surface area contributed by atoms with Crippen molar-refractivity contribution in [2.45, 2.75) is 12.1 Å². The van der Waals surface area contributed by atoms with Crippen LogP contribution in [0.2, 0.25) is 0 Å². The molecule has 0 rings (SSSR count). The molecule has 4 N–H and O–H groups in total. The molecular weight excluding hydrogens is 190 g/mol. The highest BCUT2D eigenvalue weighted by Crippen LogP contribution is 1.94. The Morgan fingerprint density at radius 3 is 2.33 bits per heavy atom. The van der Waals surface area contributed by atoms with E-state index in [1.165, 1.54) is 0 Å². The molecule has 0 bridgehead atoms. The highest BCUT2D eigenvalue weighted by atomic mass is 79.9. The highest BCUT2D eigenvalue weighted by Gasteiger charge is 2.19. The Labute approximate surface area is 60.8 Å². The summed E-state index contributed by atoms with van der Waals surface area (Å²) >= 11 is 2.89. The van der Waals surface area contributed by atoms with E-state index in [2.05, 4.69) is 15.9 Å². The fourth-order valence-electron chi connectivity index (χ4n) is 0.261. The summed E-state index contributed by atoms with van der Waals surface area (Å²) in [5.41, 5.74) is 4.99. The van der Waals surface area contributed by atoms with Crippen molar-refractivity contribution in [2.75, 3.05) is 5.33 Å². The van der Waals surface area contributed by atoms with Crippen LogP contribution in [0.5, 0.6) is 0 Å². The molecule has 2 atom stereocenters. The number of rotatable bonds is 3. The molecule has 4 nitrogen and oxygen atoms in total. The van der Waals surface area contributed by atoms with Gasteiger partial charge in [0.2, 0.25) is 0 Å². The summed E-state index contributed by atoms with van der Waals surface area (Å²) in [7, 11) is 0. The second kappa shape index (κ2) is 3.81. The number of halogens is 1. The maximum Gasteiger partial charge on any atom is 0.323 e. The predicted molar refractivity (Wildman–Crippen MR) is 35.4 cm³/mol. The molecule has 0 radical (unpaired) electrons. The molecule has 9 heavy (non-hydrogen) atoms. The van der Waals surface area contributed by atoms with Crippen LogP contribution in [0.4, 0.5) is 0 Å². The van der Waals surface area contributed by atoms with Crippen molar-refractivity contribution in [3.63, 3.8) is 0 Å². The van der Waals surface area contributed by atoms with Gasteiger partial charge in [-0.2, -0.15) is 0 Å². The summed E-state index contributed by atoms with van der Waals surface area (Å²) < 4.78 is 0. The molecule has 0 saturated heterocycles. The number of hydrogen-bond acceptors (Lipinski definition) is 3. The van der Waals surface area contributed by atoms with E-state index in [9.17, 15) is 4.79 Å². The topological polar surface area (TPSA) is 83.6 Å². The third-order valence-corrected chi connectivity index (χ3v) is 1.52. The molecule has 0 aliphatic heterocycles. The van der Waals surface area contributed by atoms with Crippen LogP contribution < -0.4 is 5.73 Å². The first-order valence-corrected chi connectivity index (χ1v) is 3.44. The summed E-state index contributed by atoms with van der Waals surface area (Å²) in [4.78, 5) is 9.99. The van der Waals surface area contributed by atoms with Gasteiger partial charge in [-0.05, 0) is 0 Å². The molecule has 0 saturated carbocycles. The molecular formula is C4H8BrNO3. The molecule has 0 unspecified atom stereocenters. The zero-order valence-electron chi connectivity index (χ0n) is 4.62. The van der Waals surface area contributed by atoms with Crippen LogP contribution >= 0.6 is 15.9 Å². The van der Waals surface area contributed by atoms with Crippen LogP contribution in [-0.4, -0.2) is 33.7 Å². The first kappa shape index (κ1) is 8.87. The Bertz CT molecular complexity index is 108. The van der Waals surface area contributed by atoms with Crippen molar-refractivity contribution in [1.29, 1.82) is 0 Å². The molecule has 5 heteroatoms. The molecule has 0 amide bonds. The number of carboxylic acids is 1. The van der Waals surface area contributed by atoms with Crippen molar-refractivity contribution >= 4 is 21.9 Å². The second-order valence-corrected chi connectivity index (χ2v) is 2.23. The number of aliphatic hydroxyl groups excluding tert-OH is 1. The minimum absolute atomic E-state index is 0.181. The predicted octanol–water partition coefficient (Wildman–Crippen LogP) is -0.846. The zero-order valence-corrected chi connectivity index (χ0v) is 6.21. The lowest BCUT2D eigenvalue weighted by molar-refractivity contribution is -0.140. The summed E-state index contributed by atoms with van der Waals surface area (Å²) in [6.45, 7) is 0. The van der Waals surface area contributed by atoms with Gasteiger partial charge in [-0.3, -0.25) is 4.79 Å². The van der Waals surface area contributed by atoms with Crippen molar-refractivity contribution < 1.29 is 15.0 Å². The average molecular weight is 198 g/mol. The molecule has 0 spiro atoms. The number of nitrogens with two attached hydrogens (primary N) is 1. The number of hydrogen-bond donors (Lipinski definition) is 3. The van der Waals surface area contributed by atoms with Crippen LogP contribution in [-0.2, 0) is 4.79 Å². The number of alkyl halides is 1. The van der Waals surface area contributed by atoms with Gasteiger partial charge in [-0.25, -0.2) is 0 Å². The first-order chi connectivity index (χ1) is 4.09. The van der Waals surface area contributed by atoms with E-state index < -0.39 is 18.1 Å². The lowest BCUT2D eigenvalue weighted by atomic mass is 10.2. The minimum Gasteiger partial charge on any atom is -0.480 e. The van der Waals surface area contributed by atoms with Crippen LogP contribution in [0.25, 0.3) is 0 Å². The van der Waals surface area contributed by atoms with Gasteiger partial charge in [0.15, 0.2) is 0 Å². The van der Waals surface area contributed by atoms with E-state index in [4.69, 9.17) is 15.9 Å². The van der Waals surface area contributed by atoms with Crippen LogP contribution in [0.15, 0.2) is 0 Å². The fourth-order valence-corrected chi connectivity index (χ4v) is 0.663. The Balaban J connectivity index is 3.72. The fraction of sp³-hybridized carbons (Fsp3) is 0.750. The summed E-state index contributed by atoms with van der Waals surface area (Å²) in [5.74, 6) is -1.19. The summed E-state index contributed by atoms with van der Waals surface area (Å²) in [5, 5.41) is 17.1. The van der Waals surface area contributed by atoms with Gasteiger partial charge in [0.1, 0.15) is 6.04 Å². The minimum atomic E-state index is -1.19. The second-order valence-electron chi connectivity index (χ2n) is 1.59. The largest absolute Gasteiger partial charge is 0.480 e. The lowest BCUT2D eigenvalue weighted by Crippen LogP contribution is -2.42. The van der Waals surface area contributed by atoms with E-state index in [0.717, 1.165) is 0 Å². The van der Waals surface area contributed by atoms with E-state index >= 15 is 0 Å². The van der Waals surface area contributed by atoms with Gasteiger partial charge in [-0.1, -0.05) is 15.9 Å². The smallest absolute Gasteiger partial charge is 0.323 e. The quantitative estimate of drug-likeness (QED) is 0.516. The van der Waals surface area contributed by atoms with E-state index in [0.29, 0.717) is 0 Å². The Morgan fingerprint density at radius 2 is 2.22 bits per heavy atom. The third kappa shape index (κ3) is 2.78. The number of carboxylic acid groups (broad SMARTS) is 1. The van der Waals surface area contributed by atoms with Crippen LogP contribution in [0.1, 0.15) is 0 Å². The Morgan fingerprint density at radius 1 is 1.78 bits per heavy atom. The van der Waals surface area contributed by atoms with Crippen molar-refractivity contribution in [3.05, 3.63) is 0 Å². The van der Waals surface area contributed by atoms with Gasteiger partial charge in [0, 0.05) is 5.33 Å². The molecule has 0 aliphatic carbocycles. The van der Waals surface area contributed by atoms with Gasteiger partial charge in [0.05, 0.1) is 6.10 Å². The molecule has 0 fully saturated rings. The van der Waals surface area contributed by atoms with Crippen molar-refractivity contribution in [2.24, 2.45) is 5.73 Å². The maximum atomic E-state index is 9.99. The highest BCUT2D eigenvalue weighted by molar-refractivity contribution is 9.09. The molecule has 0 aliphatic rings. The molecule has 0 aromatic rings. The van der Waals surface area contributed by atoms with Gasteiger partial charge < -0.3 is 15.9 Å². The third-order valence-electron chi connectivity index (χ3n) is 0.858.